The Balaban J connectivity index is 1.90. The van der Waals surface area contributed by atoms with Crippen molar-refractivity contribution in [3.63, 3.8) is 0 Å². The van der Waals surface area contributed by atoms with Crippen LogP contribution in [0.5, 0.6) is 0 Å². The number of nitrogens with zero attached hydrogens (tertiary/aromatic N) is 1. The van der Waals surface area contributed by atoms with Crippen molar-refractivity contribution in [1.29, 1.82) is 0 Å². The lowest BCUT2D eigenvalue weighted by Crippen LogP contribution is -2.45. The Morgan fingerprint density at radius 3 is 2.64 bits per heavy atom. The van der Waals surface area contributed by atoms with Crippen LogP contribution in [0.4, 0.5) is 0 Å². The molecule has 0 radical (unpaired) electrons. The zero-order valence-electron chi connectivity index (χ0n) is 8.59. The number of nitrogens with one attached hydrogen (secondary N) is 1. The summed E-state index contributed by atoms with van der Waals surface area (Å²) < 4.78 is 0. The van der Waals surface area contributed by atoms with E-state index >= 15 is 0 Å². The van der Waals surface area contributed by atoms with Crippen LogP contribution in [-0.2, 0) is 4.79 Å². The van der Waals surface area contributed by atoms with Gasteiger partial charge in [0.1, 0.15) is 6.04 Å². The van der Waals surface area contributed by atoms with Crippen LogP contribution >= 0.6 is 0 Å². The van der Waals surface area contributed by atoms with Gasteiger partial charge in [-0.15, -0.1) is 0 Å². The molecule has 2 aliphatic rings. The number of hydrogen-bond acceptors (Lipinski definition) is 2. The first-order valence-corrected chi connectivity index (χ1v) is 5.50. The predicted octanol–water partition coefficient (Wildman–Crippen LogP) is 1.26. The zero-order chi connectivity index (χ0) is 9.97. The van der Waals surface area contributed by atoms with E-state index in [-0.39, 0.29) is 11.9 Å². The van der Waals surface area contributed by atoms with Gasteiger partial charge in [0.25, 0.3) is 0 Å². The molecule has 1 atom stereocenters. The second-order valence-electron chi connectivity index (χ2n) is 4.23. The van der Waals surface area contributed by atoms with E-state index in [2.05, 4.69) is 11.9 Å². The molecule has 1 unspecified atom stereocenters. The molecule has 78 valence electrons. The average molecular weight is 194 g/mol. The molecule has 0 spiro atoms. The summed E-state index contributed by atoms with van der Waals surface area (Å²) in [5, 5.41) is 3.17. The molecule has 2 saturated heterocycles. The molecule has 3 heteroatoms. The molecule has 3 nitrogen and oxygen atoms in total. The van der Waals surface area contributed by atoms with Gasteiger partial charge in [-0.2, -0.15) is 0 Å². The Kier molecular flexibility index (Phi) is 2.75. The Labute approximate surface area is 85.2 Å². The van der Waals surface area contributed by atoms with E-state index in [1.165, 1.54) is 19.3 Å². The molecular formula is C11H18N2O. The summed E-state index contributed by atoms with van der Waals surface area (Å²) >= 11 is 0. The second kappa shape index (κ2) is 4.03. The van der Waals surface area contributed by atoms with E-state index in [0.29, 0.717) is 0 Å². The quantitative estimate of drug-likeness (QED) is 0.681. The molecule has 2 aliphatic heterocycles. The van der Waals surface area contributed by atoms with Crippen molar-refractivity contribution in [2.75, 3.05) is 13.1 Å². The van der Waals surface area contributed by atoms with Crippen LogP contribution in [0.3, 0.4) is 0 Å². The van der Waals surface area contributed by atoms with Crippen molar-refractivity contribution >= 4 is 5.91 Å². The molecule has 0 aromatic rings. The van der Waals surface area contributed by atoms with Crippen molar-refractivity contribution in [3.05, 3.63) is 12.3 Å². The van der Waals surface area contributed by atoms with Gasteiger partial charge in [0, 0.05) is 18.8 Å². The van der Waals surface area contributed by atoms with Gasteiger partial charge in [0.2, 0.25) is 5.91 Å². The fourth-order valence-electron chi connectivity index (χ4n) is 2.23. The Morgan fingerprint density at radius 1 is 1.36 bits per heavy atom. The van der Waals surface area contributed by atoms with E-state index in [0.717, 1.165) is 31.6 Å². The zero-order valence-corrected chi connectivity index (χ0v) is 8.59. The fourth-order valence-corrected chi connectivity index (χ4v) is 2.23. The van der Waals surface area contributed by atoms with E-state index in [1.54, 1.807) is 0 Å². The largest absolute Gasteiger partial charge is 0.378 e. The van der Waals surface area contributed by atoms with Crippen LogP contribution in [0.15, 0.2) is 12.3 Å². The van der Waals surface area contributed by atoms with Crippen LogP contribution in [0.2, 0.25) is 0 Å². The highest BCUT2D eigenvalue weighted by molar-refractivity contribution is 5.82. The van der Waals surface area contributed by atoms with Gasteiger partial charge in [-0.05, 0) is 32.1 Å². The lowest BCUT2D eigenvalue weighted by atomic mass is 10.1. The number of amides is 1. The highest BCUT2D eigenvalue weighted by atomic mass is 16.2. The third-order valence-corrected chi connectivity index (χ3v) is 3.08. The molecule has 0 bridgehead atoms. The molecule has 1 N–H and O–H groups in total. The maximum Gasteiger partial charge on any atom is 0.245 e. The number of carbonyl (C=O) groups is 1. The monoisotopic (exact) mass is 194 g/mol. The average Bonchev–Trinajstić information content (AvgIpc) is 2.65. The van der Waals surface area contributed by atoms with Crippen LogP contribution in [0.1, 0.15) is 32.1 Å². The van der Waals surface area contributed by atoms with E-state index in [9.17, 15) is 4.79 Å². The normalized spacial score (nSPS) is 27.6. The van der Waals surface area contributed by atoms with Crippen LogP contribution in [0, 0.1) is 0 Å². The molecule has 2 rings (SSSR count). The number of carbonyl (C=O) groups excluding carboxylic acids is 1. The molecular weight excluding hydrogens is 176 g/mol. The van der Waals surface area contributed by atoms with Gasteiger partial charge in [0.15, 0.2) is 0 Å². The molecule has 1 amide bonds. The van der Waals surface area contributed by atoms with Gasteiger partial charge < -0.3 is 10.2 Å². The van der Waals surface area contributed by atoms with Gasteiger partial charge in [-0.25, -0.2) is 0 Å². The summed E-state index contributed by atoms with van der Waals surface area (Å²) in [6.07, 6.45) is 5.48. The lowest BCUT2D eigenvalue weighted by molar-refractivity contribution is -0.133. The smallest absolute Gasteiger partial charge is 0.245 e. The number of likely N-dealkylation sites (tertiary alicyclic amines) is 1. The molecule has 0 aromatic heterocycles. The van der Waals surface area contributed by atoms with E-state index in [4.69, 9.17) is 0 Å². The number of rotatable bonds is 1. The second-order valence-corrected chi connectivity index (χ2v) is 4.23. The minimum absolute atomic E-state index is 0.0144. The first kappa shape index (κ1) is 9.56. The maximum absolute atomic E-state index is 12.0. The first-order chi connectivity index (χ1) is 6.77. The standard InChI is InChI=1S/C11H18N2O/c1-9-5-6-10(12-9)11(14)13-7-3-2-4-8-13/h10,12H,1-8H2. The highest BCUT2D eigenvalue weighted by Crippen LogP contribution is 2.18. The fraction of sp³-hybridized carbons (Fsp3) is 0.727. The molecule has 2 fully saturated rings. The minimum Gasteiger partial charge on any atom is -0.378 e. The van der Waals surface area contributed by atoms with Gasteiger partial charge >= 0.3 is 0 Å². The van der Waals surface area contributed by atoms with E-state index < -0.39 is 0 Å². The van der Waals surface area contributed by atoms with Crippen molar-refractivity contribution in [2.45, 2.75) is 38.1 Å². The maximum atomic E-state index is 12.0. The first-order valence-electron chi connectivity index (χ1n) is 5.50. The molecule has 2 heterocycles. The summed E-state index contributed by atoms with van der Waals surface area (Å²) in [4.78, 5) is 14.0. The van der Waals surface area contributed by atoms with Crippen molar-refractivity contribution in [1.82, 2.24) is 10.2 Å². The number of allylic oxidation sites excluding steroid dienone is 1. The molecule has 0 saturated carbocycles. The van der Waals surface area contributed by atoms with Crippen LogP contribution < -0.4 is 5.32 Å². The number of hydrogen-bond donors (Lipinski definition) is 1. The van der Waals surface area contributed by atoms with Crippen molar-refractivity contribution < 1.29 is 4.79 Å². The predicted molar refractivity (Wildman–Crippen MR) is 55.7 cm³/mol. The third-order valence-electron chi connectivity index (χ3n) is 3.08. The van der Waals surface area contributed by atoms with Gasteiger partial charge in [0.05, 0.1) is 0 Å². The van der Waals surface area contributed by atoms with E-state index in [1.807, 2.05) is 4.90 Å². The molecule has 0 aromatic carbocycles. The summed E-state index contributed by atoms with van der Waals surface area (Å²) in [5.41, 5.74) is 1.01. The van der Waals surface area contributed by atoms with Gasteiger partial charge in [-0.1, -0.05) is 6.58 Å². The lowest BCUT2D eigenvalue weighted by Gasteiger charge is -2.29. The third kappa shape index (κ3) is 1.91. The van der Waals surface area contributed by atoms with Crippen molar-refractivity contribution in [2.24, 2.45) is 0 Å². The van der Waals surface area contributed by atoms with Crippen LogP contribution in [0.25, 0.3) is 0 Å². The Hall–Kier alpha value is -0.990. The summed E-state index contributed by atoms with van der Waals surface area (Å²) in [6, 6.07) is 0.0144. The minimum atomic E-state index is 0.0144. The van der Waals surface area contributed by atoms with Crippen molar-refractivity contribution in [3.8, 4) is 0 Å². The summed E-state index contributed by atoms with van der Waals surface area (Å²) in [5.74, 6) is 0.281. The summed E-state index contributed by atoms with van der Waals surface area (Å²) in [7, 11) is 0. The summed E-state index contributed by atoms with van der Waals surface area (Å²) in [6.45, 7) is 5.75. The Morgan fingerprint density at radius 2 is 2.07 bits per heavy atom. The topological polar surface area (TPSA) is 32.3 Å². The van der Waals surface area contributed by atoms with Crippen LogP contribution in [-0.4, -0.2) is 29.9 Å². The van der Waals surface area contributed by atoms with Gasteiger partial charge in [-0.3, -0.25) is 4.79 Å². The number of piperidine rings is 1. The Bertz CT molecular complexity index is 244. The molecule has 0 aliphatic carbocycles. The molecule has 14 heavy (non-hydrogen) atoms. The SMILES string of the molecule is C=C1CCC(C(=O)N2CCCCC2)N1. The highest BCUT2D eigenvalue weighted by Gasteiger charge is 2.28.